The molecule has 28 heavy (non-hydrogen) atoms. The summed E-state index contributed by atoms with van der Waals surface area (Å²) in [6, 6.07) is 1.49. The van der Waals surface area contributed by atoms with Crippen molar-refractivity contribution in [2.75, 3.05) is 5.88 Å². The van der Waals surface area contributed by atoms with E-state index in [9.17, 15) is 0 Å². The van der Waals surface area contributed by atoms with Crippen molar-refractivity contribution in [2.24, 2.45) is 0 Å². The maximum atomic E-state index is 5.39. The molecule has 0 aromatic rings. The van der Waals surface area contributed by atoms with Crippen molar-refractivity contribution in [3.63, 3.8) is 0 Å². The van der Waals surface area contributed by atoms with Crippen LogP contribution in [0, 0.1) is 6.92 Å². The van der Waals surface area contributed by atoms with Crippen LogP contribution in [-0.4, -0.2) is 37.0 Å². The molecular formula is C24H50Cl2MgSi. The molecule has 0 aromatic carbocycles. The molecule has 0 atom stereocenters. The minimum absolute atomic E-state index is 0. The Kier molecular flexibility index (Phi) is 58.7. The van der Waals surface area contributed by atoms with Crippen molar-refractivity contribution in [3.05, 3.63) is 43.4 Å². The van der Waals surface area contributed by atoms with Gasteiger partial charge in [-0.1, -0.05) is 97.1 Å². The molecule has 4 heteroatoms. The maximum Gasteiger partial charge on any atom is 2.00 e. The van der Waals surface area contributed by atoms with Crippen LogP contribution in [0.1, 0.15) is 79.6 Å². The first-order chi connectivity index (χ1) is 11.9. The van der Waals surface area contributed by atoms with E-state index in [1.165, 1.54) is 31.7 Å². The third-order valence-electron chi connectivity index (χ3n) is 3.20. The van der Waals surface area contributed by atoms with Crippen LogP contribution in [0.3, 0.4) is 0 Å². The number of rotatable bonds is 11. The fourth-order valence-corrected chi connectivity index (χ4v) is 3.27. The Morgan fingerprint density at radius 2 is 1.18 bits per heavy atom. The molecule has 0 saturated heterocycles. The number of alkyl halides is 1. The molecule has 0 aliphatic heterocycles. The Bertz CT molecular complexity index is 302. The van der Waals surface area contributed by atoms with Crippen molar-refractivity contribution >= 4 is 42.7 Å². The van der Waals surface area contributed by atoms with Gasteiger partial charge in [-0.15, -0.1) is 17.7 Å². The zero-order chi connectivity index (χ0) is 19.8. The van der Waals surface area contributed by atoms with Gasteiger partial charge in [0, 0.05) is 14.0 Å². The Morgan fingerprint density at radius 3 is 1.50 bits per heavy atom. The summed E-state index contributed by atoms with van der Waals surface area (Å²) < 4.78 is 0. The van der Waals surface area contributed by atoms with Gasteiger partial charge in [-0.25, -0.2) is 0 Å². The average Bonchev–Trinajstić information content (AvgIpc) is 2.57. The Morgan fingerprint density at radius 1 is 0.750 bits per heavy atom. The number of halogens is 2. The van der Waals surface area contributed by atoms with E-state index in [0.717, 1.165) is 31.6 Å². The quantitative estimate of drug-likeness (QED) is 0.109. The topological polar surface area (TPSA) is 0 Å². The van der Waals surface area contributed by atoms with Crippen LogP contribution in [0.2, 0.25) is 25.7 Å². The van der Waals surface area contributed by atoms with Crippen LogP contribution in [0.25, 0.3) is 0 Å². The number of unbranched alkanes of at least 4 members (excludes halogenated alkanes) is 2. The smallest absolute Gasteiger partial charge is 1.00 e. The van der Waals surface area contributed by atoms with Gasteiger partial charge in [0.15, 0.2) is 0 Å². The second-order valence-electron chi connectivity index (χ2n) is 7.21. The third-order valence-corrected chi connectivity index (χ3v) is 5.27. The van der Waals surface area contributed by atoms with Gasteiger partial charge in [-0.05, 0) is 32.1 Å². The largest absolute Gasteiger partial charge is 2.00 e. The van der Waals surface area contributed by atoms with E-state index in [1.807, 2.05) is 0 Å². The molecule has 0 saturated carbocycles. The standard InChI is InChI=1S/C11H24Si.C6H11Cl.C6H11.CH4.ClH.Mg/c1-5-6-7-8-9-10-11-12(2,3)4;1-2-3-4-5-6-7;1-3-5-6-4-2;;;/h6-7H,5,8-11H2,1-4H3;3-4H,2,5-6H2,1H3;5-6H,1,3-4H2,2H3;1H4;1H;/q;;-1;;;+2/p-1/b7-6-;4-3-;6-5-;;;. The van der Waals surface area contributed by atoms with Gasteiger partial charge < -0.3 is 19.3 Å². The molecule has 166 valence electrons. The van der Waals surface area contributed by atoms with E-state index in [0.29, 0.717) is 0 Å². The summed E-state index contributed by atoms with van der Waals surface area (Å²) in [6.07, 6.45) is 22.5. The van der Waals surface area contributed by atoms with Gasteiger partial charge in [0.2, 0.25) is 0 Å². The van der Waals surface area contributed by atoms with Crippen LogP contribution in [0.5, 0.6) is 0 Å². The molecule has 0 aromatic heterocycles. The van der Waals surface area contributed by atoms with Crippen LogP contribution in [0.4, 0.5) is 0 Å². The van der Waals surface area contributed by atoms with E-state index < -0.39 is 8.07 Å². The molecule has 0 aliphatic rings. The average molecular weight is 462 g/mol. The molecule has 0 amide bonds. The van der Waals surface area contributed by atoms with E-state index >= 15 is 0 Å². The SMILES string of the molecule is C.CC/C=C\CCCC[Si](C)(C)C.CC/C=C\CCCl.[CH2-]C/C=C\CC.[Cl-].[Mg+2]. The van der Waals surface area contributed by atoms with Crippen molar-refractivity contribution in [3.8, 4) is 0 Å². The third kappa shape index (κ3) is 63.2. The van der Waals surface area contributed by atoms with Crippen LogP contribution < -0.4 is 12.4 Å². The minimum atomic E-state index is -0.750. The fraction of sp³-hybridized carbons (Fsp3) is 0.708. The van der Waals surface area contributed by atoms with Gasteiger partial charge in [-0.3, -0.25) is 0 Å². The molecule has 0 aliphatic carbocycles. The zero-order valence-corrected chi connectivity index (χ0v) is 23.1. The van der Waals surface area contributed by atoms with Crippen molar-refractivity contribution < 1.29 is 12.4 Å². The van der Waals surface area contributed by atoms with Crippen molar-refractivity contribution in [1.82, 2.24) is 0 Å². The summed E-state index contributed by atoms with van der Waals surface area (Å²) in [5.41, 5.74) is 0. The fourth-order valence-electron chi connectivity index (χ4n) is 1.83. The Labute approximate surface area is 208 Å². The number of hydrogen-bond acceptors (Lipinski definition) is 0. The Hall–Kier alpha value is 0.783. The molecule has 0 bridgehead atoms. The maximum absolute atomic E-state index is 5.39. The summed E-state index contributed by atoms with van der Waals surface area (Å²) in [6.45, 7) is 17.4. The number of allylic oxidation sites excluding steroid dienone is 6. The molecule has 0 radical (unpaired) electrons. The van der Waals surface area contributed by atoms with Gasteiger partial charge in [0.05, 0.1) is 0 Å². The van der Waals surface area contributed by atoms with Crippen molar-refractivity contribution in [2.45, 2.75) is 105 Å². The van der Waals surface area contributed by atoms with Gasteiger partial charge >= 0.3 is 23.1 Å². The molecule has 0 nitrogen and oxygen atoms in total. The zero-order valence-electron chi connectivity index (χ0n) is 19.2. The monoisotopic (exact) mass is 460 g/mol. The molecule has 0 rings (SSSR count). The second-order valence-corrected chi connectivity index (χ2v) is 13.2. The van der Waals surface area contributed by atoms with Crippen LogP contribution in [-0.2, 0) is 0 Å². The first-order valence-electron chi connectivity index (χ1n) is 10.2. The summed E-state index contributed by atoms with van der Waals surface area (Å²) in [4.78, 5) is 0. The van der Waals surface area contributed by atoms with E-state index in [-0.39, 0.29) is 42.9 Å². The molecule has 0 spiro atoms. The Balaban J connectivity index is -0.0000000660. The van der Waals surface area contributed by atoms with E-state index in [4.69, 9.17) is 11.6 Å². The van der Waals surface area contributed by atoms with E-state index in [2.05, 4.69) is 83.8 Å². The summed E-state index contributed by atoms with van der Waals surface area (Å²) in [5.74, 6) is 0.747. The summed E-state index contributed by atoms with van der Waals surface area (Å²) in [7, 11) is -0.750. The predicted molar refractivity (Wildman–Crippen MR) is 138 cm³/mol. The molecular weight excluding hydrogens is 412 g/mol. The van der Waals surface area contributed by atoms with Crippen LogP contribution in [0.15, 0.2) is 36.5 Å². The van der Waals surface area contributed by atoms with Gasteiger partial charge in [0.25, 0.3) is 0 Å². The second kappa shape index (κ2) is 38.4. The van der Waals surface area contributed by atoms with Crippen molar-refractivity contribution in [1.29, 1.82) is 0 Å². The van der Waals surface area contributed by atoms with Gasteiger partial charge in [0.1, 0.15) is 0 Å². The molecule has 0 fully saturated rings. The molecule has 0 unspecified atom stereocenters. The van der Waals surface area contributed by atoms with E-state index in [1.54, 1.807) is 0 Å². The predicted octanol–water partition coefficient (Wildman–Crippen LogP) is 6.48. The summed E-state index contributed by atoms with van der Waals surface area (Å²) in [5, 5.41) is 0. The first kappa shape index (κ1) is 42.8. The molecule has 0 heterocycles. The van der Waals surface area contributed by atoms with Crippen LogP contribution >= 0.6 is 11.6 Å². The number of hydrogen-bond donors (Lipinski definition) is 0. The summed E-state index contributed by atoms with van der Waals surface area (Å²) >= 11 is 5.39. The first-order valence-corrected chi connectivity index (χ1v) is 14.4. The molecule has 0 N–H and O–H groups in total. The minimum Gasteiger partial charge on any atom is -1.00 e. The normalized spacial score (nSPS) is 10.3. The van der Waals surface area contributed by atoms with Gasteiger partial charge in [-0.2, -0.15) is 6.42 Å².